The van der Waals surface area contributed by atoms with Gasteiger partial charge < -0.3 is 14.4 Å². The number of methoxy groups -OCH3 is 1. The summed E-state index contributed by atoms with van der Waals surface area (Å²) in [5.41, 5.74) is 2.91. The first-order valence-corrected chi connectivity index (χ1v) is 11.0. The van der Waals surface area contributed by atoms with Gasteiger partial charge in [-0.1, -0.05) is 32.6 Å². The van der Waals surface area contributed by atoms with E-state index in [4.69, 9.17) is 9.47 Å². The van der Waals surface area contributed by atoms with Crippen molar-refractivity contribution in [2.75, 3.05) is 40.4 Å². The lowest BCUT2D eigenvalue weighted by atomic mass is 9.79. The number of benzene rings is 1. The van der Waals surface area contributed by atoms with Gasteiger partial charge in [-0.3, -0.25) is 4.90 Å². The van der Waals surface area contributed by atoms with Crippen LogP contribution in [0.4, 0.5) is 0 Å². The van der Waals surface area contributed by atoms with Gasteiger partial charge >= 0.3 is 0 Å². The summed E-state index contributed by atoms with van der Waals surface area (Å²) in [6.07, 6.45) is 9.11. The molecule has 0 bridgehead atoms. The minimum absolute atomic E-state index is 0.495. The molecule has 0 aromatic heterocycles. The number of unbranched alkanes of at least 4 members (excludes halogenated alkanes) is 1. The summed E-state index contributed by atoms with van der Waals surface area (Å²) < 4.78 is 11.7. The molecule has 150 valence electrons. The van der Waals surface area contributed by atoms with Crippen LogP contribution in [0, 0.1) is 5.92 Å². The van der Waals surface area contributed by atoms with Gasteiger partial charge in [0.25, 0.3) is 0 Å². The molecule has 2 aliphatic heterocycles. The molecular formula is C23H36N2O2. The standard InChI is InChI=1S/C23H36N2O2/c1-4-5-11-27-23-13-18-9-10-25-15-19(12-17-7-6-8-17)24(2)16-21(25)20(18)14-22(23)26-3/h13-14,17,19,21H,4-12,15-16H2,1-3H3/t19-,21?/m1/s1. The van der Waals surface area contributed by atoms with Crippen molar-refractivity contribution in [2.45, 2.75) is 64.0 Å². The molecule has 1 aromatic rings. The maximum absolute atomic E-state index is 6.02. The Bertz CT molecular complexity index is 644. The Balaban J connectivity index is 1.50. The van der Waals surface area contributed by atoms with Gasteiger partial charge in [0.15, 0.2) is 11.5 Å². The zero-order chi connectivity index (χ0) is 18.8. The van der Waals surface area contributed by atoms with E-state index in [9.17, 15) is 0 Å². The zero-order valence-corrected chi connectivity index (χ0v) is 17.4. The third-order valence-corrected chi connectivity index (χ3v) is 7.01. The molecule has 0 amide bonds. The van der Waals surface area contributed by atoms with Crippen LogP contribution in [0.25, 0.3) is 0 Å². The quantitative estimate of drug-likeness (QED) is 0.667. The predicted octanol–water partition coefficient (Wildman–Crippen LogP) is 4.28. The summed E-state index contributed by atoms with van der Waals surface area (Å²) in [6, 6.07) is 5.73. The first-order chi connectivity index (χ1) is 13.2. The Hall–Kier alpha value is -1.26. The van der Waals surface area contributed by atoms with Crippen LogP contribution >= 0.6 is 0 Å². The Morgan fingerprint density at radius 3 is 2.70 bits per heavy atom. The highest BCUT2D eigenvalue weighted by molar-refractivity contribution is 5.49. The summed E-state index contributed by atoms with van der Waals surface area (Å²) >= 11 is 0. The van der Waals surface area contributed by atoms with Crippen LogP contribution in [-0.4, -0.2) is 56.2 Å². The average molecular weight is 373 g/mol. The van der Waals surface area contributed by atoms with Crippen molar-refractivity contribution >= 4 is 0 Å². The number of nitrogens with zero attached hydrogens (tertiary/aromatic N) is 2. The first-order valence-electron chi connectivity index (χ1n) is 11.0. The molecule has 4 rings (SSSR count). The fraction of sp³-hybridized carbons (Fsp3) is 0.739. The molecule has 4 heteroatoms. The van der Waals surface area contributed by atoms with E-state index in [1.54, 1.807) is 7.11 Å². The molecule has 3 aliphatic rings. The molecule has 1 saturated heterocycles. The predicted molar refractivity (Wildman–Crippen MR) is 110 cm³/mol. The molecule has 4 nitrogen and oxygen atoms in total. The topological polar surface area (TPSA) is 24.9 Å². The van der Waals surface area contributed by atoms with Crippen molar-refractivity contribution < 1.29 is 9.47 Å². The lowest BCUT2D eigenvalue weighted by molar-refractivity contribution is 0.0217. The summed E-state index contributed by atoms with van der Waals surface area (Å²) in [5, 5.41) is 0. The molecule has 1 aliphatic carbocycles. The molecule has 1 aromatic carbocycles. The highest BCUT2D eigenvalue weighted by Crippen LogP contribution is 2.41. The van der Waals surface area contributed by atoms with Gasteiger partial charge in [0.05, 0.1) is 13.7 Å². The summed E-state index contributed by atoms with van der Waals surface area (Å²) in [5.74, 6) is 2.80. The molecule has 2 atom stereocenters. The van der Waals surface area contributed by atoms with Crippen molar-refractivity contribution in [1.29, 1.82) is 0 Å². The van der Waals surface area contributed by atoms with Gasteiger partial charge in [-0.2, -0.15) is 0 Å². The van der Waals surface area contributed by atoms with Gasteiger partial charge in [0.1, 0.15) is 0 Å². The highest BCUT2D eigenvalue weighted by atomic mass is 16.5. The molecule has 2 heterocycles. The van der Waals surface area contributed by atoms with E-state index in [-0.39, 0.29) is 0 Å². The number of rotatable bonds is 7. The molecule has 2 fully saturated rings. The van der Waals surface area contributed by atoms with Crippen LogP contribution in [0.2, 0.25) is 0 Å². The van der Waals surface area contributed by atoms with Crippen molar-refractivity contribution in [3.63, 3.8) is 0 Å². The largest absolute Gasteiger partial charge is 0.493 e. The monoisotopic (exact) mass is 372 g/mol. The lowest BCUT2D eigenvalue weighted by Crippen LogP contribution is -2.55. The SMILES string of the molecule is CCCCOc1cc2c(cc1OC)C1CN(C)[C@H](CC3CCC3)CN1CC2. The smallest absolute Gasteiger partial charge is 0.161 e. The van der Waals surface area contributed by atoms with E-state index in [1.165, 1.54) is 49.9 Å². The number of fused-ring (bicyclic) bond motifs is 3. The van der Waals surface area contributed by atoms with E-state index in [0.29, 0.717) is 6.04 Å². The van der Waals surface area contributed by atoms with Crippen LogP contribution in [0.15, 0.2) is 12.1 Å². The average Bonchev–Trinajstić information content (AvgIpc) is 2.64. The van der Waals surface area contributed by atoms with Crippen LogP contribution < -0.4 is 9.47 Å². The van der Waals surface area contributed by atoms with Crippen molar-refractivity contribution in [2.24, 2.45) is 5.92 Å². The van der Waals surface area contributed by atoms with Gasteiger partial charge in [-0.05, 0) is 55.5 Å². The summed E-state index contributed by atoms with van der Waals surface area (Å²) in [7, 11) is 4.09. The Morgan fingerprint density at radius 1 is 1.15 bits per heavy atom. The number of ether oxygens (including phenoxy) is 2. The number of likely N-dealkylation sites (N-methyl/N-ethyl adjacent to an activating group) is 1. The second-order valence-electron chi connectivity index (χ2n) is 8.79. The summed E-state index contributed by atoms with van der Waals surface area (Å²) in [6.45, 7) is 6.48. The van der Waals surface area contributed by atoms with Crippen molar-refractivity contribution in [3.8, 4) is 11.5 Å². The Morgan fingerprint density at radius 2 is 2.00 bits per heavy atom. The van der Waals surface area contributed by atoms with E-state index in [0.717, 1.165) is 55.9 Å². The lowest BCUT2D eigenvalue weighted by Gasteiger charge is -2.49. The fourth-order valence-corrected chi connectivity index (χ4v) is 4.99. The third-order valence-electron chi connectivity index (χ3n) is 7.01. The second-order valence-corrected chi connectivity index (χ2v) is 8.79. The normalized spacial score (nSPS) is 26.2. The Labute approximate surface area is 164 Å². The fourth-order valence-electron chi connectivity index (χ4n) is 4.99. The van der Waals surface area contributed by atoms with Gasteiger partial charge in [0.2, 0.25) is 0 Å². The Kier molecular flexibility index (Phi) is 5.93. The third kappa shape index (κ3) is 3.97. The van der Waals surface area contributed by atoms with Crippen molar-refractivity contribution in [3.05, 3.63) is 23.3 Å². The van der Waals surface area contributed by atoms with Crippen LogP contribution in [-0.2, 0) is 6.42 Å². The second kappa shape index (κ2) is 8.40. The highest BCUT2D eigenvalue weighted by Gasteiger charge is 2.38. The van der Waals surface area contributed by atoms with Crippen LogP contribution in [0.1, 0.15) is 62.6 Å². The van der Waals surface area contributed by atoms with Gasteiger partial charge in [-0.25, -0.2) is 0 Å². The summed E-state index contributed by atoms with van der Waals surface area (Å²) in [4.78, 5) is 5.34. The molecule has 1 unspecified atom stereocenters. The first kappa shape index (κ1) is 19.1. The molecular weight excluding hydrogens is 336 g/mol. The molecule has 1 saturated carbocycles. The minimum atomic E-state index is 0.495. The maximum atomic E-state index is 6.02. The van der Waals surface area contributed by atoms with E-state index in [2.05, 4.69) is 35.9 Å². The van der Waals surface area contributed by atoms with E-state index >= 15 is 0 Å². The number of hydrogen-bond acceptors (Lipinski definition) is 4. The molecule has 27 heavy (non-hydrogen) atoms. The van der Waals surface area contributed by atoms with Crippen molar-refractivity contribution in [1.82, 2.24) is 9.80 Å². The number of hydrogen-bond donors (Lipinski definition) is 0. The number of piperazine rings is 1. The van der Waals surface area contributed by atoms with Crippen LogP contribution in [0.3, 0.4) is 0 Å². The van der Waals surface area contributed by atoms with E-state index in [1.807, 2.05) is 0 Å². The zero-order valence-electron chi connectivity index (χ0n) is 17.4. The van der Waals surface area contributed by atoms with Gasteiger partial charge in [-0.15, -0.1) is 0 Å². The van der Waals surface area contributed by atoms with Gasteiger partial charge in [0, 0.05) is 31.7 Å². The maximum Gasteiger partial charge on any atom is 0.161 e. The van der Waals surface area contributed by atoms with Crippen LogP contribution in [0.5, 0.6) is 11.5 Å². The minimum Gasteiger partial charge on any atom is -0.493 e. The molecule has 0 spiro atoms. The molecule has 0 radical (unpaired) electrons. The molecule has 0 N–H and O–H groups in total. The van der Waals surface area contributed by atoms with E-state index < -0.39 is 0 Å².